The van der Waals surface area contributed by atoms with E-state index in [1.807, 2.05) is 18.2 Å². The van der Waals surface area contributed by atoms with Gasteiger partial charge in [-0.1, -0.05) is 23.7 Å². The first-order valence-corrected chi connectivity index (χ1v) is 6.71. The predicted octanol–water partition coefficient (Wildman–Crippen LogP) is 3.46. The van der Waals surface area contributed by atoms with Gasteiger partial charge in [0, 0.05) is 9.90 Å². The van der Waals surface area contributed by atoms with Gasteiger partial charge in [-0.3, -0.25) is 11.3 Å². The minimum absolute atomic E-state index is 0.147. The standard InChI is InChI=1S/C13H15ClN2S/c1-9-5-6-17-13(9)12(16-15)8-10-3-2-4-11(14)7-10/h2-7,12,16H,8,15H2,1H3. The zero-order valence-corrected chi connectivity index (χ0v) is 11.2. The van der Waals surface area contributed by atoms with Gasteiger partial charge in [-0.2, -0.15) is 0 Å². The highest BCUT2D eigenvalue weighted by Crippen LogP contribution is 2.26. The van der Waals surface area contributed by atoms with E-state index in [9.17, 15) is 0 Å². The number of nitrogens with one attached hydrogen (secondary N) is 1. The van der Waals surface area contributed by atoms with Gasteiger partial charge in [0.1, 0.15) is 0 Å². The van der Waals surface area contributed by atoms with Gasteiger partial charge >= 0.3 is 0 Å². The van der Waals surface area contributed by atoms with E-state index in [0.717, 1.165) is 11.4 Å². The molecular weight excluding hydrogens is 252 g/mol. The lowest BCUT2D eigenvalue weighted by Gasteiger charge is -2.15. The number of aryl methyl sites for hydroxylation is 1. The highest BCUT2D eigenvalue weighted by molar-refractivity contribution is 7.10. The maximum absolute atomic E-state index is 5.98. The van der Waals surface area contributed by atoms with Crippen molar-refractivity contribution in [3.63, 3.8) is 0 Å². The lowest BCUT2D eigenvalue weighted by Crippen LogP contribution is -2.29. The third kappa shape index (κ3) is 3.07. The molecule has 1 atom stereocenters. The Balaban J connectivity index is 2.19. The van der Waals surface area contributed by atoms with Crippen LogP contribution in [0, 0.1) is 6.92 Å². The third-order valence-electron chi connectivity index (χ3n) is 2.75. The second-order valence-corrected chi connectivity index (χ2v) is 5.41. The highest BCUT2D eigenvalue weighted by Gasteiger charge is 2.14. The number of nitrogens with two attached hydrogens (primary N) is 1. The average molecular weight is 267 g/mol. The van der Waals surface area contributed by atoms with Crippen molar-refractivity contribution in [1.29, 1.82) is 0 Å². The fourth-order valence-corrected chi connectivity index (χ4v) is 3.07. The Labute approximate surface area is 110 Å². The van der Waals surface area contributed by atoms with Gasteiger partial charge in [-0.15, -0.1) is 11.3 Å². The summed E-state index contributed by atoms with van der Waals surface area (Å²) in [5, 5.41) is 2.86. The molecule has 1 aromatic carbocycles. The molecule has 1 heterocycles. The predicted molar refractivity (Wildman–Crippen MR) is 74.3 cm³/mol. The minimum atomic E-state index is 0.147. The van der Waals surface area contributed by atoms with Crippen molar-refractivity contribution < 1.29 is 0 Å². The van der Waals surface area contributed by atoms with Gasteiger partial charge in [-0.05, 0) is 48.1 Å². The van der Waals surface area contributed by atoms with Gasteiger partial charge in [0.15, 0.2) is 0 Å². The summed E-state index contributed by atoms with van der Waals surface area (Å²) < 4.78 is 0. The van der Waals surface area contributed by atoms with E-state index in [1.54, 1.807) is 11.3 Å². The van der Waals surface area contributed by atoms with E-state index in [2.05, 4.69) is 29.9 Å². The largest absolute Gasteiger partial charge is 0.271 e. The maximum atomic E-state index is 5.98. The quantitative estimate of drug-likeness (QED) is 0.657. The van der Waals surface area contributed by atoms with E-state index < -0.39 is 0 Å². The average Bonchev–Trinajstić information content (AvgIpc) is 2.72. The van der Waals surface area contributed by atoms with E-state index in [4.69, 9.17) is 17.4 Å². The van der Waals surface area contributed by atoms with Crippen LogP contribution in [0.5, 0.6) is 0 Å². The molecule has 0 aliphatic carbocycles. The maximum Gasteiger partial charge on any atom is 0.0596 e. The summed E-state index contributed by atoms with van der Waals surface area (Å²) in [5.74, 6) is 5.64. The molecule has 1 unspecified atom stereocenters. The van der Waals surface area contributed by atoms with E-state index in [-0.39, 0.29) is 6.04 Å². The number of benzene rings is 1. The van der Waals surface area contributed by atoms with Crippen LogP contribution in [0.15, 0.2) is 35.7 Å². The highest BCUT2D eigenvalue weighted by atomic mass is 35.5. The van der Waals surface area contributed by atoms with Crippen LogP contribution in [0.2, 0.25) is 5.02 Å². The zero-order chi connectivity index (χ0) is 12.3. The monoisotopic (exact) mass is 266 g/mol. The Morgan fingerprint density at radius 1 is 1.41 bits per heavy atom. The van der Waals surface area contributed by atoms with Gasteiger partial charge in [0.2, 0.25) is 0 Å². The smallest absolute Gasteiger partial charge is 0.0596 e. The first kappa shape index (κ1) is 12.6. The Kier molecular flexibility index (Phi) is 4.18. The molecule has 0 radical (unpaired) electrons. The summed E-state index contributed by atoms with van der Waals surface area (Å²) in [4.78, 5) is 1.28. The molecule has 0 aliphatic rings. The molecule has 4 heteroatoms. The molecule has 2 rings (SSSR count). The van der Waals surface area contributed by atoms with Crippen molar-refractivity contribution in [3.05, 3.63) is 56.7 Å². The Morgan fingerprint density at radius 3 is 2.82 bits per heavy atom. The number of hydrazine groups is 1. The number of rotatable bonds is 4. The number of hydrogen-bond acceptors (Lipinski definition) is 3. The Morgan fingerprint density at radius 2 is 2.24 bits per heavy atom. The molecule has 3 N–H and O–H groups in total. The molecular formula is C13H15ClN2S. The third-order valence-corrected chi connectivity index (χ3v) is 4.12. The van der Waals surface area contributed by atoms with Crippen LogP contribution in [0.1, 0.15) is 22.0 Å². The van der Waals surface area contributed by atoms with Crippen LogP contribution in [-0.4, -0.2) is 0 Å². The van der Waals surface area contributed by atoms with E-state index in [0.29, 0.717) is 0 Å². The van der Waals surface area contributed by atoms with Crippen LogP contribution in [-0.2, 0) is 6.42 Å². The summed E-state index contributed by atoms with van der Waals surface area (Å²) in [7, 11) is 0. The Hall–Kier alpha value is -0.870. The van der Waals surface area contributed by atoms with Gasteiger partial charge < -0.3 is 0 Å². The minimum Gasteiger partial charge on any atom is -0.271 e. The molecule has 1 aromatic heterocycles. The second-order valence-electron chi connectivity index (χ2n) is 4.02. The number of thiophene rings is 1. The normalized spacial score (nSPS) is 12.6. The molecule has 0 bridgehead atoms. The lowest BCUT2D eigenvalue weighted by molar-refractivity contribution is 0.558. The zero-order valence-electron chi connectivity index (χ0n) is 9.61. The van der Waals surface area contributed by atoms with E-state index in [1.165, 1.54) is 16.0 Å². The van der Waals surface area contributed by atoms with Crippen LogP contribution < -0.4 is 11.3 Å². The molecule has 90 valence electrons. The Bertz CT molecular complexity index is 496. The molecule has 0 fully saturated rings. The van der Waals surface area contributed by atoms with E-state index >= 15 is 0 Å². The first-order chi connectivity index (χ1) is 8.20. The van der Waals surface area contributed by atoms with Crippen LogP contribution in [0.3, 0.4) is 0 Å². The van der Waals surface area contributed by atoms with Crippen molar-refractivity contribution in [2.75, 3.05) is 0 Å². The van der Waals surface area contributed by atoms with Crippen LogP contribution in [0.4, 0.5) is 0 Å². The topological polar surface area (TPSA) is 38.0 Å². The van der Waals surface area contributed by atoms with Crippen molar-refractivity contribution in [1.82, 2.24) is 5.43 Å². The summed E-state index contributed by atoms with van der Waals surface area (Å²) in [6, 6.07) is 10.2. The number of hydrogen-bond donors (Lipinski definition) is 2. The second kappa shape index (κ2) is 5.65. The molecule has 0 saturated heterocycles. The summed E-state index contributed by atoms with van der Waals surface area (Å²) in [6.07, 6.45) is 0.846. The molecule has 2 aromatic rings. The molecule has 0 aliphatic heterocycles. The molecule has 0 saturated carbocycles. The van der Waals surface area contributed by atoms with Crippen molar-refractivity contribution in [3.8, 4) is 0 Å². The molecule has 2 nitrogen and oxygen atoms in total. The SMILES string of the molecule is Cc1ccsc1C(Cc1cccc(Cl)c1)NN. The van der Waals surface area contributed by atoms with Crippen LogP contribution >= 0.6 is 22.9 Å². The molecule has 0 spiro atoms. The summed E-state index contributed by atoms with van der Waals surface area (Å²) >= 11 is 7.71. The van der Waals surface area contributed by atoms with Gasteiger partial charge in [-0.25, -0.2) is 0 Å². The van der Waals surface area contributed by atoms with Gasteiger partial charge in [0.25, 0.3) is 0 Å². The first-order valence-electron chi connectivity index (χ1n) is 5.45. The van der Waals surface area contributed by atoms with Crippen molar-refractivity contribution >= 4 is 22.9 Å². The fourth-order valence-electron chi connectivity index (χ4n) is 1.87. The lowest BCUT2D eigenvalue weighted by atomic mass is 10.0. The van der Waals surface area contributed by atoms with Crippen molar-refractivity contribution in [2.45, 2.75) is 19.4 Å². The summed E-state index contributed by atoms with van der Waals surface area (Å²) in [5.41, 5.74) is 5.35. The van der Waals surface area contributed by atoms with Crippen molar-refractivity contribution in [2.24, 2.45) is 5.84 Å². The van der Waals surface area contributed by atoms with Gasteiger partial charge in [0.05, 0.1) is 6.04 Å². The summed E-state index contributed by atoms with van der Waals surface area (Å²) in [6.45, 7) is 2.11. The molecule has 0 amide bonds. The molecule has 17 heavy (non-hydrogen) atoms. The fraction of sp³-hybridized carbons (Fsp3) is 0.231. The number of halogens is 1. The van der Waals surface area contributed by atoms with Crippen LogP contribution in [0.25, 0.3) is 0 Å².